The summed E-state index contributed by atoms with van der Waals surface area (Å²) >= 11 is 5.71. The Morgan fingerprint density at radius 1 is 1.33 bits per heavy atom. The fourth-order valence-corrected chi connectivity index (χ4v) is 2.70. The van der Waals surface area contributed by atoms with Crippen LogP contribution in [-0.2, 0) is 0 Å². The standard InChI is InChI=1S/C13H17ClFNO.ClH/c14-10-7-9(5-6-11(10)15)12(16)13(17)8-3-1-2-4-8;/h5-8,12-13,17H,1-4,16H2;1H/t12-,13+;/m1./s1. The molecule has 2 atom stereocenters. The summed E-state index contributed by atoms with van der Waals surface area (Å²) in [6, 6.07) is 3.89. The Hall–Kier alpha value is -0.350. The molecule has 0 spiro atoms. The van der Waals surface area contributed by atoms with Crippen LogP contribution in [0.1, 0.15) is 37.3 Å². The molecule has 0 unspecified atom stereocenters. The van der Waals surface area contributed by atoms with E-state index in [1.165, 1.54) is 12.1 Å². The highest BCUT2D eigenvalue weighted by molar-refractivity contribution is 6.30. The lowest BCUT2D eigenvalue weighted by molar-refractivity contribution is 0.0845. The summed E-state index contributed by atoms with van der Waals surface area (Å²) in [7, 11) is 0. The average Bonchev–Trinajstić information content (AvgIpc) is 2.84. The Kier molecular flexibility index (Phi) is 5.86. The Labute approximate surface area is 118 Å². The highest BCUT2D eigenvalue weighted by Crippen LogP contribution is 2.33. The molecular formula is C13H18Cl2FNO. The van der Waals surface area contributed by atoms with Crippen molar-refractivity contribution >= 4 is 24.0 Å². The molecule has 0 amide bonds. The van der Waals surface area contributed by atoms with Gasteiger partial charge in [-0.3, -0.25) is 0 Å². The molecule has 18 heavy (non-hydrogen) atoms. The number of hydrogen-bond acceptors (Lipinski definition) is 2. The van der Waals surface area contributed by atoms with E-state index in [4.69, 9.17) is 17.3 Å². The van der Waals surface area contributed by atoms with Crippen molar-refractivity contribution < 1.29 is 9.50 Å². The van der Waals surface area contributed by atoms with Crippen molar-refractivity contribution in [3.63, 3.8) is 0 Å². The maximum atomic E-state index is 13.0. The van der Waals surface area contributed by atoms with E-state index in [2.05, 4.69) is 0 Å². The van der Waals surface area contributed by atoms with Gasteiger partial charge in [-0.2, -0.15) is 0 Å². The second-order valence-corrected chi connectivity index (χ2v) is 5.14. The first-order chi connectivity index (χ1) is 8.09. The molecule has 1 fully saturated rings. The lowest BCUT2D eigenvalue weighted by atomic mass is 9.91. The molecule has 2 nitrogen and oxygen atoms in total. The lowest BCUT2D eigenvalue weighted by Gasteiger charge is -2.24. The van der Waals surface area contributed by atoms with E-state index in [0.29, 0.717) is 5.56 Å². The number of halogens is 3. The van der Waals surface area contributed by atoms with Crippen molar-refractivity contribution in [2.75, 3.05) is 0 Å². The molecule has 1 saturated carbocycles. The predicted molar refractivity (Wildman–Crippen MR) is 73.6 cm³/mol. The van der Waals surface area contributed by atoms with Crippen molar-refractivity contribution in [3.8, 4) is 0 Å². The van der Waals surface area contributed by atoms with Gasteiger partial charge in [0.1, 0.15) is 5.82 Å². The zero-order valence-electron chi connectivity index (χ0n) is 9.98. The molecule has 1 aliphatic rings. The van der Waals surface area contributed by atoms with Crippen LogP contribution in [0.4, 0.5) is 4.39 Å². The number of aliphatic hydroxyl groups is 1. The molecule has 0 radical (unpaired) electrons. The fraction of sp³-hybridized carbons (Fsp3) is 0.538. The molecular weight excluding hydrogens is 276 g/mol. The molecule has 0 bridgehead atoms. The maximum Gasteiger partial charge on any atom is 0.141 e. The molecule has 0 aromatic heterocycles. The second kappa shape index (κ2) is 6.71. The highest BCUT2D eigenvalue weighted by Gasteiger charge is 2.28. The monoisotopic (exact) mass is 293 g/mol. The van der Waals surface area contributed by atoms with Gasteiger partial charge in [0.25, 0.3) is 0 Å². The summed E-state index contributed by atoms with van der Waals surface area (Å²) in [5, 5.41) is 10.2. The Bertz CT molecular complexity index is 397. The van der Waals surface area contributed by atoms with E-state index in [-0.39, 0.29) is 23.3 Å². The van der Waals surface area contributed by atoms with Crippen LogP contribution in [0.15, 0.2) is 18.2 Å². The largest absolute Gasteiger partial charge is 0.391 e. The van der Waals surface area contributed by atoms with Crippen LogP contribution in [0.2, 0.25) is 5.02 Å². The Morgan fingerprint density at radius 2 is 1.94 bits per heavy atom. The van der Waals surface area contributed by atoms with Crippen molar-refractivity contribution in [1.82, 2.24) is 0 Å². The number of hydrogen-bond donors (Lipinski definition) is 2. The van der Waals surface area contributed by atoms with E-state index in [1.54, 1.807) is 6.07 Å². The quantitative estimate of drug-likeness (QED) is 0.897. The number of aliphatic hydroxyl groups excluding tert-OH is 1. The van der Waals surface area contributed by atoms with Crippen molar-refractivity contribution in [2.24, 2.45) is 11.7 Å². The number of benzene rings is 1. The summed E-state index contributed by atoms with van der Waals surface area (Å²) in [5.41, 5.74) is 6.70. The SMILES string of the molecule is Cl.N[C@H](c1ccc(F)c(Cl)c1)[C@@H](O)C1CCCC1. The zero-order chi connectivity index (χ0) is 12.4. The second-order valence-electron chi connectivity index (χ2n) is 4.73. The van der Waals surface area contributed by atoms with Gasteiger partial charge in [-0.05, 0) is 36.5 Å². The van der Waals surface area contributed by atoms with Crippen molar-refractivity contribution in [1.29, 1.82) is 0 Å². The first-order valence-corrected chi connectivity index (χ1v) is 6.36. The third-order valence-electron chi connectivity index (χ3n) is 3.58. The van der Waals surface area contributed by atoms with Crippen LogP contribution in [0, 0.1) is 11.7 Å². The van der Waals surface area contributed by atoms with Crippen LogP contribution in [0.5, 0.6) is 0 Å². The normalized spacial score (nSPS) is 19.3. The molecule has 102 valence electrons. The summed E-state index contributed by atoms with van der Waals surface area (Å²) in [5.74, 6) is -0.202. The van der Waals surface area contributed by atoms with Gasteiger partial charge >= 0.3 is 0 Å². The minimum Gasteiger partial charge on any atom is -0.391 e. The molecule has 1 aromatic carbocycles. The summed E-state index contributed by atoms with van der Waals surface area (Å²) < 4.78 is 13.0. The highest BCUT2D eigenvalue weighted by atomic mass is 35.5. The molecule has 1 aliphatic carbocycles. The van der Waals surface area contributed by atoms with Gasteiger partial charge in [0.05, 0.1) is 17.2 Å². The van der Waals surface area contributed by atoms with E-state index in [1.807, 2.05) is 0 Å². The summed E-state index contributed by atoms with van der Waals surface area (Å²) in [6.07, 6.45) is 3.77. The van der Waals surface area contributed by atoms with E-state index >= 15 is 0 Å². The van der Waals surface area contributed by atoms with Gasteiger partial charge in [-0.1, -0.05) is 30.5 Å². The van der Waals surface area contributed by atoms with E-state index in [0.717, 1.165) is 25.7 Å². The molecule has 1 aromatic rings. The number of nitrogens with two attached hydrogens (primary N) is 1. The fourth-order valence-electron chi connectivity index (χ4n) is 2.51. The molecule has 0 aliphatic heterocycles. The van der Waals surface area contributed by atoms with Crippen LogP contribution in [0.3, 0.4) is 0 Å². The van der Waals surface area contributed by atoms with Gasteiger partial charge in [0.15, 0.2) is 0 Å². The minimum absolute atomic E-state index is 0. The predicted octanol–water partition coefficient (Wildman–Crippen LogP) is 3.45. The van der Waals surface area contributed by atoms with Gasteiger partial charge in [-0.15, -0.1) is 12.4 Å². The summed E-state index contributed by atoms with van der Waals surface area (Å²) in [6.45, 7) is 0. The van der Waals surface area contributed by atoms with Crippen LogP contribution in [-0.4, -0.2) is 11.2 Å². The third kappa shape index (κ3) is 3.35. The third-order valence-corrected chi connectivity index (χ3v) is 3.87. The van der Waals surface area contributed by atoms with Crippen LogP contribution < -0.4 is 5.73 Å². The Balaban J connectivity index is 0.00000162. The van der Waals surface area contributed by atoms with E-state index in [9.17, 15) is 9.50 Å². The van der Waals surface area contributed by atoms with E-state index < -0.39 is 18.0 Å². The van der Waals surface area contributed by atoms with Crippen molar-refractivity contribution in [2.45, 2.75) is 37.8 Å². The van der Waals surface area contributed by atoms with Crippen LogP contribution >= 0.6 is 24.0 Å². The molecule has 3 N–H and O–H groups in total. The number of rotatable bonds is 3. The van der Waals surface area contributed by atoms with Gasteiger partial charge in [0, 0.05) is 0 Å². The summed E-state index contributed by atoms with van der Waals surface area (Å²) in [4.78, 5) is 0. The first-order valence-electron chi connectivity index (χ1n) is 5.98. The average molecular weight is 294 g/mol. The molecule has 5 heteroatoms. The van der Waals surface area contributed by atoms with Gasteiger partial charge < -0.3 is 10.8 Å². The Morgan fingerprint density at radius 3 is 2.50 bits per heavy atom. The first kappa shape index (κ1) is 15.7. The molecule has 2 rings (SSSR count). The minimum atomic E-state index is -0.570. The maximum absolute atomic E-state index is 13.0. The molecule has 0 saturated heterocycles. The van der Waals surface area contributed by atoms with Gasteiger partial charge in [-0.25, -0.2) is 4.39 Å². The van der Waals surface area contributed by atoms with Crippen LogP contribution in [0.25, 0.3) is 0 Å². The topological polar surface area (TPSA) is 46.2 Å². The smallest absolute Gasteiger partial charge is 0.141 e. The lowest BCUT2D eigenvalue weighted by Crippen LogP contribution is -2.31. The molecule has 0 heterocycles. The van der Waals surface area contributed by atoms with Gasteiger partial charge in [0.2, 0.25) is 0 Å². The zero-order valence-corrected chi connectivity index (χ0v) is 11.6. The van der Waals surface area contributed by atoms with Crippen molar-refractivity contribution in [3.05, 3.63) is 34.6 Å².